The third-order valence-corrected chi connectivity index (χ3v) is 5.99. The number of hydrogen-bond donors (Lipinski definition) is 3. The van der Waals surface area contributed by atoms with Gasteiger partial charge in [-0.25, -0.2) is 22.9 Å². The van der Waals surface area contributed by atoms with Crippen molar-refractivity contribution in [2.24, 2.45) is 0 Å². The van der Waals surface area contributed by atoms with E-state index in [4.69, 9.17) is 0 Å². The first-order valence-corrected chi connectivity index (χ1v) is 10.1. The van der Waals surface area contributed by atoms with Gasteiger partial charge in [0.1, 0.15) is 5.01 Å². The molecule has 1 aromatic carbocycles. The van der Waals surface area contributed by atoms with Crippen LogP contribution in [-0.2, 0) is 21.2 Å². The number of benzene rings is 1. The van der Waals surface area contributed by atoms with Crippen LogP contribution in [0.15, 0.2) is 34.7 Å². The lowest BCUT2D eigenvalue weighted by Gasteiger charge is -2.13. The number of amides is 3. The lowest BCUT2D eigenvalue weighted by Crippen LogP contribution is -2.37. The van der Waals surface area contributed by atoms with E-state index in [-0.39, 0.29) is 23.3 Å². The van der Waals surface area contributed by atoms with Gasteiger partial charge in [0, 0.05) is 18.6 Å². The maximum Gasteiger partial charge on any atom is 0.328 e. The summed E-state index contributed by atoms with van der Waals surface area (Å²) >= 11 is 1.44. The zero-order chi connectivity index (χ0) is 19.3. The SMILES string of the molecule is CNC(=O)NS(=O)(=O)c1cc(CC(=O)NC(C)c2nccs2)ccc1C. The monoisotopic (exact) mass is 396 g/mol. The van der Waals surface area contributed by atoms with Gasteiger partial charge in [-0.3, -0.25) is 4.79 Å². The number of aryl methyl sites for hydroxylation is 1. The number of carbonyl (C=O) groups is 2. The molecule has 26 heavy (non-hydrogen) atoms. The summed E-state index contributed by atoms with van der Waals surface area (Å²) in [5.41, 5.74) is 0.999. The zero-order valence-electron chi connectivity index (χ0n) is 14.6. The molecule has 0 saturated heterocycles. The fourth-order valence-corrected chi connectivity index (χ4v) is 4.16. The predicted octanol–water partition coefficient (Wildman–Crippen LogP) is 1.49. The van der Waals surface area contributed by atoms with Crippen LogP contribution < -0.4 is 15.4 Å². The minimum absolute atomic E-state index is 0.0124. The van der Waals surface area contributed by atoms with Gasteiger partial charge < -0.3 is 10.6 Å². The van der Waals surface area contributed by atoms with Crippen LogP contribution in [-0.4, -0.2) is 32.4 Å². The van der Waals surface area contributed by atoms with Crippen LogP contribution in [0.4, 0.5) is 4.79 Å². The van der Waals surface area contributed by atoms with Gasteiger partial charge >= 0.3 is 6.03 Å². The summed E-state index contributed by atoms with van der Waals surface area (Å²) < 4.78 is 26.5. The van der Waals surface area contributed by atoms with E-state index in [1.165, 1.54) is 24.5 Å². The van der Waals surface area contributed by atoms with E-state index in [9.17, 15) is 18.0 Å². The molecule has 1 atom stereocenters. The molecule has 2 aromatic rings. The number of sulfonamides is 1. The molecule has 0 radical (unpaired) electrons. The van der Waals surface area contributed by atoms with Crippen molar-refractivity contribution < 1.29 is 18.0 Å². The molecule has 1 unspecified atom stereocenters. The Kier molecular flexibility index (Phi) is 6.32. The number of rotatable bonds is 6. The minimum Gasteiger partial charge on any atom is -0.347 e. The molecular formula is C16H20N4O4S2. The highest BCUT2D eigenvalue weighted by atomic mass is 32.2. The van der Waals surface area contributed by atoms with Gasteiger partial charge in [-0.05, 0) is 31.0 Å². The quantitative estimate of drug-likeness (QED) is 0.684. The minimum atomic E-state index is -4.02. The molecule has 1 aromatic heterocycles. The Morgan fingerprint density at radius 3 is 2.65 bits per heavy atom. The van der Waals surface area contributed by atoms with Crippen LogP contribution in [0.3, 0.4) is 0 Å². The Hall–Kier alpha value is -2.46. The Morgan fingerprint density at radius 2 is 2.04 bits per heavy atom. The molecule has 0 aliphatic heterocycles. The molecule has 1 heterocycles. The topological polar surface area (TPSA) is 117 Å². The third-order valence-electron chi connectivity index (χ3n) is 3.56. The summed E-state index contributed by atoms with van der Waals surface area (Å²) in [6.45, 7) is 3.45. The van der Waals surface area contributed by atoms with Crippen molar-refractivity contribution in [3.63, 3.8) is 0 Å². The van der Waals surface area contributed by atoms with Crippen LogP contribution in [0.5, 0.6) is 0 Å². The number of carbonyl (C=O) groups excluding carboxylic acids is 2. The molecule has 0 fully saturated rings. The summed E-state index contributed by atoms with van der Waals surface area (Å²) in [6, 6.07) is 3.62. The normalized spacial score (nSPS) is 12.3. The van der Waals surface area contributed by atoms with Gasteiger partial charge in [-0.1, -0.05) is 12.1 Å². The summed E-state index contributed by atoms with van der Waals surface area (Å²) in [5, 5.41) is 7.64. The number of nitrogens with zero attached hydrogens (tertiary/aromatic N) is 1. The van der Waals surface area contributed by atoms with E-state index in [1.54, 1.807) is 25.3 Å². The lowest BCUT2D eigenvalue weighted by molar-refractivity contribution is -0.121. The Morgan fingerprint density at radius 1 is 1.31 bits per heavy atom. The fraction of sp³-hybridized carbons (Fsp3) is 0.312. The lowest BCUT2D eigenvalue weighted by atomic mass is 10.1. The average molecular weight is 396 g/mol. The standard InChI is InChI=1S/C16H20N4O4S2/c1-10-4-5-12(8-13(10)26(23,24)20-16(22)17-3)9-14(21)19-11(2)15-18-6-7-25-15/h4-8,11H,9H2,1-3H3,(H,19,21)(H2,17,20,22). The van der Waals surface area contributed by atoms with Crippen LogP contribution in [0.2, 0.25) is 0 Å². The van der Waals surface area contributed by atoms with Crippen molar-refractivity contribution in [2.75, 3.05) is 7.05 Å². The van der Waals surface area contributed by atoms with Crippen LogP contribution in [0, 0.1) is 6.92 Å². The molecule has 10 heteroatoms. The number of thiazole rings is 1. The molecule has 140 valence electrons. The van der Waals surface area contributed by atoms with Gasteiger partial charge in [0.05, 0.1) is 17.4 Å². The van der Waals surface area contributed by atoms with Gasteiger partial charge in [0.15, 0.2) is 0 Å². The smallest absolute Gasteiger partial charge is 0.328 e. The molecule has 0 aliphatic rings. The molecule has 0 bridgehead atoms. The van der Waals surface area contributed by atoms with Crippen molar-refractivity contribution >= 4 is 33.3 Å². The summed E-state index contributed by atoms with van der Waals surface area (Å²) in [4.78, 5) is 27.7. The first-order chi connectivity index (χ1) is 12.2. The van der Waals surface area contributed by atoms with E-state index >= 15 is 0 Å². The number of aromatic nitrogens is 1. The molecule has 3 amide bonds. The molecule has 0 saturated carbocycles. The maximum absolute atomic E-state index is 12.3. The second-order valence-corrected chi connectivity index (χ2v) is 8.20. The second-order valence-electron chi connectivity index (χ2n) is 5.62. The molecule has 8 nitrogen and oxygen atoms in total. The van der Waals surface area contributed by atoms with Gasteiger partial charge in [0.25, 0.3) is 10.0 Å². The van der Waals surface area contributed by atoms with E-state index < -0.39 is 16.1 Å². The molecular weight excluding hydrogens is 376 g/mol. The van der Waals surface area contributed by atoms with Crippen molar-refractivity contribution in [3.05, 3.63) is 45.9 Å². The predicted molar refractivity (Wildman–Crippen MR) is 98.3 cm³/mol. The van der Waals surface area contributed by atoms with Crippen molar-refractivity contribution in [1.82, 2.24) is 20.3 Å². The average Bonchev–Trinajstić information content (AvgIpc) is 3.10. The van der Waals surface area contributed by atoms with E-state index in [0.29, 0.717) is 11.1 Å². The third kappa shape index (κ3) is 5.02. The van der Waals surface area contributed by atoms with Crippen molar-refractivity contribution in [2.45, 2.75) is 31.2 Å². The van der Waals surface area contributed by atoms with Gasteiger partial charge in [0.2, 0.25) is 5.91 Å². The number of nitrogens with one attached hydrogen (secondary N) is 3. The van der Waals surface area contributed by atoms with Gasteiger partial charge in [-0.2, -0.15) is 0 Å². The maximum atomic E-state index is 12.3. The summed E-state index contributed by atoms with van der Waals surface area (Å²) in [7, 11) is -2.70. The highest BCUT2D eigenvalue weighted by Gasteiger charge is 2.20. The van der Waals surface area contributed by atoms with Crippen LogP contribution in [0.1, 0.15) is 29.1 Å². The van der Waals surface area contributed by atoms with E-state index in [1.807, 2.05) is 17.0 Å². The molecule has 0 aliphatic carbocycles. The van der Waals surface area contributed by atoms with Crippen molar-refractivity contribution in [3.8, 4) is 0 Å². The van der Waals surface area contributed by atoms with E-state index in [0.717, 1.165) is 5.01 Å². The summed E-state index contributed by atoms with van der Waals surface area (Å²) in [6.07, 6.45) is 1.68. The Balaban J connectivity index is 2.13. The zero-order valence-corrected chi connectivity index (χ0v) is 16.2. The Bertz CT molecular complexity index is 895. The first kappa shape index (κ1) is 19.9. The fourth-order valence-electron chi connectivity index (χ4n) is 2.26. The highest BCUT2D eigenvalue weighted by molar-refractivity contribution is 7.90. The summed E-state index contributed by atoms with van der Waals surface area (Å²) in [5.74, 6) is -0.251. The molecule has 3 N–H and O–H groups in total. The van der Waals surface area contributed by atoms with Crippen LogP contribution >= 0.6 is 11.3 Å². The van der Waals surface area contributed by atoms with Crippen molar-refractivity contribution in [1.29, 1.82) is 0 Å². The Labute approximate surface area is 156 Å². The number of hydrogen-bond acceptors (Lipinski definition) is 6. The largest absolute Gasteiger partial charge is 0.347 e. The van der Waals surface area contributed by atoms with Crippen LogP contribution in [0.25, 0.3) is 0 Å². The first-order valence-electron chi connectivity index (χ1n) is 7.75. The van der Waals surface area contributed by atoms with E-state index in [2.05, 4.69) is 15.6 Å². The highest BCUT2D eigenvalue weighted by Crippen LogP contribution is 2.18. The second kappa shape index (κ2) is 8.28. The van der Waals surface area contributed by atoms with Gasteiger partial charge in [-0.15, -0.1) is 11.3 Å². The molecule has 0 spiro atoms. The molecule has 2 rings (SSSR count). The number of urea groups is 1.